The molecule has 1 rings (SSSR count). The van der Waals surface area contributed by atoms with Crippen molar-refractivity contribution in [2.75, 3.05) is 13.2 Å². The summed E-state index contributed by atoms with van der Waals surface area (Å²) in [5, 5.41) is 0. The summed E-state index contributed by atoms with van der Waals surface area (Å²) in [5.74, 6) is 0.574. The van der Waals surface area contributed by atoms with Gasteiger partial charge in [0, 0.05) is 17.3 Å². The molecular formula is C19H36NO5P. The third-order valence-electron chi connectivity index (χ3n) is 2.80. The quantitative estimate of drug-likeness (QED) is 0.620. The van der Waals surface area contributed by atoms with Gasteiger partial charge in [0.2, 0.25) is 0 Å². The molecule has 0 unspecified atom stereocenters. The Labute approximate surface area is 158 Å². The van der Waals surface area contributed by atoms with Crippen LogP contribution in [0.15, 0.2) is 27.9 Å². The fourth-order valence-electron chi connectivity index (χ4n) is 1.59. The van der Waals surface area contributed by atoms with Crippen LogP contribution in [0.5, 0.6) is 0 Å². The van der Waals surface area contributed by atoms with Crippen LogP contribution in [0, 0.1) is 0 Å². The van der Waals surface area contributed by atoms with Gasteiger partial charge in [0.15, 0.2) is 0 Å². The minimum atomic E-state index is -3.68. The minimum Gasteiger partial charge on any atom is -0.423 e. The Morgan fingerprint density at radius 3 is 2.12 bits per heavy atom. The second-order valence-electron chi connectivity index (χ2n) is 4.68. The van der Waals surface area contributed by atoms with Gasteiger partial charge in [-0.3, -0.25) is 4.57 Å². The molecule has 0 fully saturated rings. The fourth-order valence-corrected chi connectivity index (χ4v) is 2.32. The third-order valence-corrected chi connectivity index (χ3v) is 3.70. The molecule has 7 heteroatoms. The lowest BCUT2D eigenvalue weighted by molar-refractivity contribution is 0.371. The monoisotopic (exact) mass is 389 g/mol. The Hall–Kier alpha value is -1.46. The van der Waals surface area contributed by atoms with Crippen molar-refractivity contribution in [3.63, 3.8) is 0 Å². The van der Waals surface area contributed by atoms with Gasteiger partial charge in [-0.05, 0) is 39.0 Å². The van der Waals surface area contributed by atoms with Crippen LogP contribution in [-0.4, -0.2) is 23.0 Å². The average Bonchev–Trinajstić information content (AvgIpc) is 2.64. The van der Waals surface area contributed by atoms with Crippen molar-refractivity contribution in [3.8, 4) is 0 Å². The molecule has 6 nitrogen and oxygen atoms in total. The highest BCUT2D eigenvalue weighted by Crippen LogP contribution is 2.35. The molecule has 0 amide bonds. The van der Waals surface area contributed by atoms with Crippen LogP contribution in [0.4, 0.5) is 0 Å². The molecule has 0 bridgehead atoms. The predicted molar refractivity (Wildman–Crippen MR) is 112 cm³/mol. The summed E-state index contributed by atoms with van der Waals surface area (Å²) in [6.45, 7) is 13.4. The first kappa shape index (κ1) is 29.3. The summed E-state index contributed by atoms with van der Waals surface area (Å²) in [4.78, 5) is 27.9. The van der Waals surface area contributed by atoms with Crippen molar-refractivity contribution >= 4 is 19.7 Å². The Balaban J connectivity index is -0.000000377. The van der Waals surface area contributed by atoms with E-state index in [4.69, 9.17) is 14.2 Å². The fraction of sp³-hybridized carbons (Fsp3) is 0.526. The van der Waals surface area contributed by atoms with Gasteiger partial charge in [-0.1, -0.05) is 52.8 Å². The van der Waals surface area contributed by atoms with Gasteiger partial charge in [0.25, 0.3) is 0 Å². The molecule has 0 aliphatic carbocycles. The smallest absolute Gasteiger partial charge is 0.339 e. The van der Waals surface area contributed by atoms with Crippen LogP contribution in [-0.2, 0) is 11.0 Å². The summed E-state index contributed by atoms with van der Waals surface area (Å²) in [6.07, 6.45) is 7.45. The van der Waals surface area contributed by atoms with Crippen molar-refractivity contribution < 1.29 is 18.8 Å². The van der Waals surface area contributed by atoms with E-state index in [1.54, 1.807) is 12.2 Å². The highest BCUT2D eigenvalue weighted by atomic mass is 31.2. The van der Waals surface area contributed by atoms with Crippen LogP contribution < -0.4 is 11.4 Å². The molecule has 1 aromatic heterocycles. The molecule has 26 heavy (non-hydrogen) atoms. The van der Waals surface area contributed by atoms with Crippen molar-refractivity contribution in [1.82, 2.24) is 0 Å². The zero-order valence-electron chi connectivity index (χ0n) is 17.0. The van der Waals surface area contributed by atoms with E-state index in [2.05, 4.69) is 12.3 Å². The van der Waals surface area contributed by atoms with E-state index in [1.165, 1.54) is 7.05 Å². The van der Waals surface area contributed by atoms with Crippen molar-refractivity contribution in [3.05, 3.63) is 46.0 Å². The number of allylic oxidation sites excluding steroid dienone is 1. The molecule has 0 atom stereocenters. The molecule has 0 aliphatic rings. The first-order valence-corrected chi connectivity index (χ1v) is 10.6. The maximum absolute atomic E-state index is 11.4. The largest absolute Gasteiger partial charge is 0.423 e. The molecule has 0 saturated heterocycles. The van der Waals surface area contributed by atoms with Crippen LogP contribution in [0.1, 0.15) is 64.3 Å². The van der Waals surface area contributed by atoms with Crippen LogP contribution in [0.3, 0.4) is 0 Å². The highest BCUT2D eigenvalue weighted by molar-refractivity contribution is 7.51. The molecule has 0 radical (unpaired) electrons. The van der Waals surface area contributed by atoms with Gasteiger partial charge in [-0.2, -0.15) is 0 Å². The Morgan fingerprint density at radius 2 is 1.81 bits per heavy atom. The van der Waals surface area contributed by atoms with E-state index in [-0.39, 0.29) is 11.8 Å². The summed E-state index contributed by atoms with van der Waals surface area (Å²) >= 11 is 0. The summed E-state index contributed by atoms with van der Waals surface area (Å²) in [6, 6.07) is 1.83. The molecule has 0 spiro atoms. The normalized spacial score (nSPS) is 9.88. The number of rotatable bonds is 6. The summed E-state index contributed by atoms with van der Waals surface area (Å²) < 4.78 is 15.2. The second-order valence-corrected chi connectivity index (χ2v) is 6.45. The second kappa shape index (κ2) is 18.3. The molecular weight excluding hydrogens is 353 g/mol. The zero-order chi connectivity index (χ0) is 21.2. The van der Waals surface area contributed by atoms with Crippen LogP contribution in [0.25, 0.3) is 12.2 Å². The number of aryl methyl sites for hydroxylation is 1. The van der Waals surface area contributed by atoms with Crippen molar-refractivity contribution in [2.24, 2.45) is 5.73 Å². The van der Waals surface area contributed by atoms with Crippen molar-refractivity contribution in [2.45, 2.75) is 53.9 Å². The van der Waals surface area contributed by atoms with Gasteiger partial charge in [0.1, 0.15) is 5.76 Å². The molecule has 1 heterocycles. The molecule has 152 valence electrons. The maximum atomic E-state index is 11.4. The van der Waals surface area contributed by atoms with Gasteiger partial charge in [-0.15, -0.1) is 0 Å². The molecule has 1 aromatic rings. The van der Waals surface area contributed by atoms with Crippen LogP contribution in [0.2, 0.25) is 0 Å². The van der Waals surface area contributed by atoms with E-state index in [0.29, 0.717) is 24.2 Å². The first-order valence-electron chi connectivity index (χ1n) is 8.83. The first-order chi connectivity index (χ1) is 12.3. The van der Waals surface area contributed by atoms with E-state index in [0.717, 1.165) is 12.0 Å². The number of nitrogens with two attached hydrogens (primary N) is 1. The van der Waals surface area contributed by atoms with E-state index < -0.39 is 7.60 Å². The molecule has 4 N–H and O–H groups in total. The third kappa shape index (κ3) is 14.8. The lowest BCUT2D eigenvalue weighted by atomic mass is 10.1. The van der Waals surface area contributed by atoms with Gasteiger partial charge >= 0.3 is 13.2 Å². The predicted octanol–water partition coefficient (Wildman–Crippen LogP) is 4.44. The van der Waals surface area contributed by atoms with E-state index in [1.807, 2.05) is 46.8 Å². The lowest BCUT2D eigenvalue weighted by Crippen LogP contribution is -2.07. The number of hydrogen-bond donors (Lipinski definition) is 3. The van der Waals surface area contributed by atoms with E-state index in [9.17, 15) is 9.36 Å². The van der Waals surface area contributed by atoms with Crippen LogP contribution >= 0.6 is 7.60 Å². The van der Waals surface area contributed by atoms with Gasteiger partial charge in [-0.25, -0.2) is 4.79 Å². The highest BCUT2D eigenvalue weighted by Gasteiger charge is 2.09. The van der Waals surface area contributed by atoms with Gasteiger partial charge < -0.3 is 19.9 Å². The minimum absolute atomic E-state index is 0.0312. The molecule has 0 saturated carbocycles. The Bertz CT molecular complexity index is 602. The standard InChI is InChI=1S/C12H14O2.C4H11O3P.C2H6.CH5N/c1-4-7-11-9(5-2)8-10(6-3)12(13)14-11;1-2-3-4-8(5,6)7;2*1-2/h4-5,7-8H,2,6H2,1,3H3;2-4H2,1H3,(H2,5,6,7);1-2H3;2H2,1H3/b7-4-;;;. The molecule has 0 aromatic carbocycles. The average molecular weight is 389 g/mol. The van der Waals surface area contributed by atoms with E-state index >= 15 is 0 Å². The van der Waals surface area contributed by atoms with Crippen molar-refractivity contribution in [1.29, 1.82) is 0 Å². The summed E-state index contributed by atoms with van der Waals surface area (Å²) in [7, 11) is -2.18. The number of hydrogen-bond acceptors (Lipinski definition) is 4. The molecule has 0 aliphatic heterocycles. The summed E-state index contributed by atoms with van der Waals surface area (Å²) in [5.41, 5.74) is 5.79. The maximum Gasteiger partial charge on any atom is 0.339 e. The zero-order valence-corrected chi connectivity index (χ0v) is 17.9. The Morgan fingerprint density at radius 1 is 1.27 bits per heavy atom. The lowest BCUT2D eigenvalue weighted by Gasteiger charge is -2.01. The number of unbranched alkanes of at least 4 members (excludes halogenated alkanes) is 1. The van der Waals surface area contributed by atoms with Gasteiger partial charge in [0.05, 0.1) is 0 Å². The SMILES string of the molecule is C=Cc1cc(CC)c(=O)oc1/C=C\C.CC.CCCCP(=O)(O)O.CN. The topological polar surface area (TPSA) is 114 Å². The Kier molecular flexibility index (Phi) is 20.7.